The van der Waals surface area contributed by atoms with Crippen molar-refractivity contribution in [2.75, 3.05) is 25.6 Å². The van der Waals surface area contributed by atoms with E-state index in [1.54, 1.807) is 0 Å². The molecule has 1 aliphatic heterocycles. The fraction of sp³-hybridized carbons (Fsp3) is 0.700. The van der Waals surface area contributed by atoms with Crippen molar-refractivity contribution in [2.45, 2.75) is 25.7 Å². The summed E-state index contributed by atoms with van der Waals surface area (Å²) >= 11 is 0. The van der Waals surface area contributed by atoms with E-state index in [4.69, 9.17) is 9.15 Å². The van der Waals surface area contributed by atoms with Gasteiger partial charge in [-0.3, -0.25) is 0 Å². The minimum Gasteiger partial charge on any atom is -0.429 e. The molecular weight excluding hydrogens is 180 g/mol. The highest BCUT2D eigenvalue weighted by Crippen LogP contribution is 2.29. The lowest BCUT2D eigenvalue weighted by Crippen LogP contribution is -2.15. The quantitative estimate of drug-likeness (QED) is 0.785. The largest absolute Gasteiger partial charge is 0.429 e. The standard InChI is InChI=1S/C10H16N2O2/c1-7-9(12-10(11-2)14-7)8-3-5-13-6-4-8/h8H,3-6H2,1-2H3,(H,11,12). The Hall–Kier alpha value is -1.03. The van der Waals surface area contributed by atoms with Crippen LogP contribution in [-0.2, 0) is 4.74 Å². The van der Waals surface area contributed by atoms with E-state index in [9.17, 15) is 0 Å². The summed E-state index contributed by atoms with van der Waals surface area (Å²) in [5.41, 5.74) is 1.10. The lowest BCUT2D eigenvalue weighted by atomic mass is 9.96. The first-order valence-corrected chi connectivity index (χ1v) is 5.04. The van der Waals surface area contributed by atoms with Gasteiger partial charge in [0.25, 0.3) is 6.01 Å². The number of nitrogens with zero attached hydrogens (tertiary/aromatic N) is 1. The van der Waals surface area contributed by atoms with Gasteiger partial charge < -0.3 is 14.5 Å². The molecule has 4 nitrogen and oxygen atoms in total. The SMILES string of the molecule is CNc1nc(C2CCOCC2)c(C)o1. The maximum Gasteiger partial charge on any atom is 0.294 e. The van der Waals surface area contributed by atoms with Crippen LogP contribution in [0.2, 0.25) is 0 Å². The second kappa shape index (κ2) is 4.00. The van der Waals surface area contributed by atoms with Crippen molar-refractivity contribution in [2.24, 2.45) is 0 Å². The molecule has 1 aliphatic rings. The molecule has 0 aliphatic carbocycles. The Bertz CT molecular complexity index is 303. The zero-order valence-corrected chi connectivity index (χ0v) is 8.67. The molecule has 0 spiro atoms. The summed E-state index contributed by atoms with van der Waals surface area (Å²) < 4.78 is 10.8. The third kappa shape index (κ3) is 1.75. The number of hydrogen-bond acceptors (Lipinski definition) is 4. The monoisotopic (exact) mass is 196 g/mol. The number of nitrogens with one attached hydrogen (secondary N) is 1. The summed E-state index contributed by atoms with van der Waals surface area (Å²) in [6.07, 6.45) is 2.10. The van der Waals surface area contributed by atoms with E-state index < -0.39 is 0 Å². The molecule has 0 radical (unpaired) electrons. The summed E-state index contributed by atoms with van der Waals surface area (Å²) in [6, 6.07) is 0.615. The average molecular weight is 196 g/mol. The first kappa shape index (κ1) is 9.52. The maximum atomic E-state index is 5.45. The van der Waals surface area contributed by atoms with Crippen molar-refractivity contribution in [1.82, 2.24) is 4.98 Å². The van der Waals surface area contributed by atoms with Crippen molar-refractivity contribution in [3.05, 3.63) is 11.5 Å². The van der Waals surface area contributed by atoms with Gasteiger partial charge in [-0.15, -0.1) is 0 Å². The van der Waals surface area contributed by atoms with Gasteiger partial charge >= 0.3 is 0 Å². The first-order chi connectivity index (χ1) is 6.81. The van der Waals surface area contributed by atoms with Crippen LogP contribution in [-0.4, -0.2) is 25.2 Å². The van der Waals surface area contributed by atoms with Crippen LogP contribution in [0.15, 0.2) is 4.42 Å². The molecule has 4 heteroatoms. The number of hydrogen-bond donors (Lipinski definition) is 1. The highest BCUT2D eigenvalue weighted by Gasteiger charge is 2.22. The number of rotatable bonds is 2. The molecular formula is C10H16N2O2. The van der Waals surface area contributed by atoms with Gasteiger partial charge in [0.1, 0.15) is 5.76 Å². The van der Waals surface area contributed by atoms with Gasteiger partial charge in [-0.25, -0.2) is 0 Å². The molecule has 0 aromatic carbocycles. The van der Waals surface area contributed by atoms with E-state index in [1.807, 2.05) is 14.0 Å². The molecule has 14 heavy (non-hydrogen) atoms. The molecule has 1 saturated heterocycles. The van der Waals surface area contributed by atoms with Crippen LogP contribution >= 0.6 is 0 Å². The van der Waals surface area contributed by atoms with Gasteiger partial charge in [-0.2, -0.15) is 4.98 Å². The first-order valence-electron chi connectivity index (χ1n) is 5.04. The van der Waals surface area contributed by atoms with E-state index in [2.05, 4.69) is 10.3 Å². The van der Waals surface area contributed by atoms with Gasteiger partial charge in [0.05, 0.1) is 5.69 Å². The fourth-order valence-corrected chi connectivity index (χ4v) is 1.86. The predicted octanol–water partition coefficient (Wildman–Crippen LogP) is 1.92. The molecule has 1 aromatic heterocycles. The third-order valence-electron chi connectivity index (χ3n) is 2.65. The number of anilines is 1. The smallest absolute Gasteiger partial charge is 0.294 e. The van der Waals surface area contributed by atoms with Crippen molar-refractivity contribution in [3.63, 3.8) is 0 Å². The molecule has 1 fully saturated rings. The third-order valence-corrected chi connectivity index (χ3v) is 2.65. The van der Waals surface area contributed by atoms with Crippen LogP contribution in [0, 0.1) is 6.92 Å². The molecule has 0 amide bonds. The van der Waals surface area contributed by atoms with E-state index in [-0.39, 0.29) is 0 Å². The average Bonchev–Trinajstić information content (AvgIpc) is 2.61. The molecule has 0 atom stereocenters. The second-order valence-electron chi connectivity index (χ2n) is 3.60. The van der Waals surface area contributed by atoms with Crippen LogP contribution in [0.5, 0.6) is 0 Å². The van der Waals surface area contributed by atoms with Crippen molar-refractivity contribution >= 4 is 6.01 Å². The summed E-state index contributed by atoms with van der Waals surface area (Å²) in [7, 11) is 1.82. The Labute approximate surface area is 83.7 Å². The Morgan fingerprint density at radius 3 is 2.64 bits per heavy atom. The number of oxazole rings is 1. The van der Waals surface area contributed by atoms with Crippen molar-refractivity contribution in [1.29, 1.82) is 0 Å². The van der Waals surface area contributed by atoms with Crippen LogP contribution in [0.3, 0.4) is 0 Å². The highest BCUT2D eigenvalue weighted by molar-refractivity contribution is 5.26. The fourth-order valence-electron chi connectivity index (χ4n) is 1.86. The Balaban J connectivity index is 2.17. The summed E-state index contributed by atoms with van der Waals surface area (Å²) in [6.45, 7) is 3.65. The molecule has 1 N–H and O–H groups in total. The molecule has 2 heterocycles. The zero-order chi connectivity index (χ0) is 9.97. The van der Waals surface area contributed by atoms with Gasteiger partial charge in [-0.1, -0.05) is 0 Å². The predicted molar refractivity (Wildman–Crippen MR) is 53.6 cm³/mol. The number of aromatic nitrogens is 1. The zero-order valence-electron chi connectivity index (χ0n) is 8.67. The van der Waals surface area contributed by atoms with Crippen LogP contribution in [0.1, 0.15) is 30.2 Å². The lowest BCUT2D eigenvalue weighted by molar-refractivity contribution is 0.0843. The van der Waals surface area contributed by atoms with Gasteiger partial charge in [-0.05, 0) is 19.8 Å². The molecule has 0 saturated carbocycles. The Morgan fingerprint density at radius 2 is 2.07 bits per heavy atom. The summed E-state index contributed by atoms with van der Waals surface area (Å²) in [4.78, 5) is 4.42. The topological polar surface area (TPSA) is 47.3 Å². The molecule has 1 aromatic rings. The van der Waals surface area contributed by atoms with Crippen molar-refractivity contribution in [3.8, 4) is 0 Å². The summed E-state index contributed by atoms with van der Waals surface area (Å²) in [5, 5.41) is 2.92. The van der Waals surface area contributed by atoms with Gasteiger partial charge in [0, 0.05) is 26.2 Å². The lowest BCUT2D eigenvalue weighted by Gasteiger charge is -2.20. The van der Waals surface area contributed by atoms with E-state index in [0.29, 0.717) is 11.9 Å². The van der Waals surface area contributed by atoms with Crippen molar-refractivity contribution < 1.29 is 9.15 Å². The van der Waals surface area contributed by atoms with E-state index in [0.717, 1.165) is 37.5 Å². The van der Waals surface area contributed by atoms with Crippen LogP contribution in [0.4, 0.5) is 6.01 Å². The number of ether oxygens (including phenoxy) is 1. The van der Waals surface area contributed by atoms with Gasteiger partial charge in [0.15, 0.2) is 0 Å². The second-order valence-corrected chi connectivity index (χ2v) is 3.60. The Kier molecular flexibility index (Phi) is 2.72. The molecule has 0 bridgehead atoms. The summed E-state index contributed by atoms with van der Waals surface area (Å²) in [5.74, 6) is 1.44. The number of aryl methyl sites for hydroxylation is 1. The normalized spacial score (nSPS) is 18.4. The minimum absolute atomic E-state index is 0.509. The van der Waals surface area contributed by atoms with Gasteiger partial charge in [0.2, 0.25) is 0 Å². The van der Waals surface area contributed by atoms with E-state index >= 15 is 0 Å². The highest BCUT2D eigenvalue weighted by atomic mass is 16.5. The van der Waals surface area contributed by atoms with Crippen LogP contribution in [0.25, 0.3) is 0 Å². The van der Waals surface area contributed by atoms with E-state index in [1.165, 1.54) is 0 Å². The molecule has 78 valence electrons. The molecule has 2 rings (SSSR count). The maximum absolute atomic E-state index is 5.45. The Morgan fingerprint density at radius 1 is 1.36 bits per heavy atom. The van der Waals surface area contributed by atoms with Crippen LogP contribution < -0.4 is 5.32 Å². The minimum atomic E-state index is 0.509. The molecule has 0 unspecified atom stereocenters.